The standard InChI is InChI=1S/C28H43ClN2O.2ClH/c1-3-5-6-8-15-26(12-4-2)31-20-18-30(19-21-31)23-27(24-13-11-14-25(29)22-24)28(32)16-9-7-10-17-28;;/h11-14,22,26-27,32H,2-3,5-10,15-21,23H2,1H3;2*1H. The molecule has 0 aromatic heterocycles. The highest BCUT2D eigenvalue weighted by molar-refractivity contribution is 6.30. The van der Waals surface area contributed by atoms with Gasteiger partial charge in [0.2, 0.25) is 0 Å². The molecule has 2 aliphatic rings. The van der Waals surface area contributed by atoms with Crippen LogP contribution in [0.2, 0.25) is 5.02 Å². The van der Waals surface area contributed by atoms with Gasteiger partial charge in [-0.3, -0.25) is 4.90 Å². The summed E-state index contributed by atoms with van der Waals surface area (Å²) in [6.07, 6.45) is 13.8. The van der Waals surface area contributed by atoms with Gasteiger partial charge in [0.05, 0.1) is 5.60 Å². The summed E-state index contributed by atoms with van der Waals surface area (Å²) in [5.74, 6) is 0.117. The lowest BCUT2D eigenvalue weighted by atomic mass is 9.72. The molecule has 1 saturated heterocycles. The molecule has 1 N–H and O–H groups in total. The van der Waals surface area contributed by atoms with Gasteiger partial charge in [0.15, 0.2) is 0 Å². The van der Waals surface area contributed by atoms with Gasteiger partial charge in [0.25, 0.3) is 0 Å². The summed E-state index contributed by atoms with van der Waals surface area (Å²) in [5, 5.41) is 12.4. The van der Waals surface area contributed by atoms with Crippen molar-refractivity contribution in [3.8, 4) is 0 Å². The van der Waals surface area contributed by atoms with Gasteiger partial charge >= 0.3 is 0 Å². The molecule has 3 nitrogen and oxygen atoms in total. The predicted molar refractivity (Wildman–Crippen MR) is 151 cm³/mol. The molecule has 6 heteroatoms. The Bertz CT molecular complexity index is 739. The maximum Gasteiger partial charge on any atom is 0.0728 e. The maximum absolute atomic E-state index is 11.7. The Kier molecular flexibility index (Phi) is 15.1. The van der Waals surface area contributed by atoms with Gasteiger partial charge in [0, 0.05) is 49.7 Å². The summed E-state index contributed by atoms with van der Waals surface area (Å²) in [6.45, 7) is 11.2. The number of benzene rings is 1. The predicted octanol–water partition coefficient (Wildman–Crippen LogP) is 7.26. The fourth-order valence-electron chi connectivity index (χ4n) is 5.64. The normalized spacial score (nSPS) is 20.3. The van der Waals surface area contributed by atoms with Gasteiger partial charge in [-0.25, -0.2) is 0 Å². The first-order valence-corrected chi connectivity index (χ1v) is 13.2. The van der Waals surface area contributed by atoms with E-state index < -0.39 is 5.60 Å². The van der Waals surface area contributed by atoms with Crippen LogP contribution in [0.15, 0.2) is 42.7 Å². The van der Waals surface area contributed by atoms with Crippen molar-refractivity contribution in [3.63, 3.8) is 0 Å². The van der Waals surface area contributed by atoms with Crippen molar-refractivity contribution in [2.75, 3.05) is 32.7 Å². The van der Waals surface area contributed by atoms with E-state index in [1.807, 2.05) is 12.1 Å². The average Bonchev–Trinajstić information content (AvgIpc) is 2.80. The number of rotatable bonds is 11. The molecule has 2 atom stereocenters. The zero-order valence-corrected chi connectivity index (χ0v) is 23.3. The van der Waals surface area contributed by atoms with Crippen LogP contribution in [0.1, 0.15) is 82.6 Å². The molecule has 2 fully saturated rings. The number of nitrogens with zero attached hydrogens (tertiary/aromatic N) is 2. The Labute approximate surface area is 225 Å². The molecular weight excluding hydrogens is 487 g/mol. The van der Waals surface area contributed by atoms with E-state index in [2.05, 4.69) is 47.2 Å². The van der Waals surface area contributed by atoms with Crippen molar-refractivity contribution in [1.82, 2.24) is 9.80 Å². The summed E-state index contributed by atoms with van der Waals surface area (Å²) >= 11 is 6.34. The van der Waals surface area contributed by atoms with Gasteiger partial charge < -0.3 is 10.0 Å². The summed E-state index contributed by atoms with van der Waals surface area (Å²) in [4.78, 5) is 5.16. The maximum atomic E-state index is 11.7. The molecule has 1 heterocycles. The van der Waals surface area contributed by atoms with Crippen molar-refractivity contribution < 1.29 is 5.11 Å². The first-order chi connectivity index (χ1) is 15.6. The van der Waals surface area contributed by atoms with E-state index in [-0.39, 0.29) is 30.7 Å². The van der Waals surface area contributed by atoms with Crippen molar-refractivity contribution >= 4 is 36.4 Å². The summed E-state index contributed by atoms with van der Waals surface area (Å²) in [6, 6.07) is 8.63. The SMILES string of the molecule is C=C=CC(CCCCCC)N1CCN(CC(c2cccc(Cl)c2)C2(O)CCCCC2)CC1.Cl.Cl. The molecule has 34 heavy (non-hydrogen) atoms. The highest BCUT2D eigenvalue weighted by Gasteiger charge is 2.40. The van der Waals surface area contributed by atoms with Gasteiger partial charge in [0.1, 0.15) is 0 Å². The van der Waals surface area contributed by atoms with Crippen LogP contribution in [-0.4, -0.2) is 59.3 Å². The van der Waals surface area contributed by atoms with Crippen molar-refractivity contribution in [3.05, 3.63) is 53.2 Å². The third kappa shape index (κ3) is 9.17. The van der Waals surface area contributed by atoms with E-state index in [0.717, 1.165) is 63.4 Å². The minimum atomic E-state index is -0.618. The molecule has 0 bridgehead atoms. The molecule has 0 radical (unpaired) electrons. The lowest BCUT2D eigenvalue weighted by molar-refractivity contribution is -0.0349. The van der Waals surface area contributed by atoms with E-state index in [1.165, 1.54) is 44.1 Å². The highest BCUT2D eigenvalue weighted by Crippen LogP contribution is 2.41. The molecule has 1 saturated carbocycles. The third-order valence-electron chi connectivity index (χ3n) is 7.60. The lowest BCUT2D eigenvalue weighted by Crippen LogP contribution is -2.52. The van der Waals surface area contributed by atoms with Crippen LogP contribution in [0.5, 0.6) is 0 Å². The van der Waals surface area contributed by atoms with E-state index in [4.69, 9.17) is 11.6 Å². The van der Waals surface area contributed by atoms with Crippen molar-refractivity contribution in [1.29, 1.82) is 0 Å². The Hall–Kier alpha value is -0.510. The first-order valence-electron chi connectivity index (χ1n) is 12.9. The minimum Gasteiger partial charge on any atom is -0.389 e. The van der Waals surface area contributed by atoms with Crippen molar-refractivity contribution in [2.45, 2.75) is 88.7 Å². The number of halogens is 3. The van der Waals surface area contributed by atoms with Crippen LogP contribution in [0.3, 0.4) is 0 Å². The molecule has 194 valence electrons. The molecule has 1 aliphatic heterocycles. The molecule has 1 aromatic rings. The number of unbranched alkanes of at least 4 members (excludes halogenated alkanes) is 3. The largest absolute Gasteiger partial charge is 0.389 e. The summed E-state index contributed by atoms with van der Waals surface area (Å²) in [5.41, 5.74) is 3.62. The Morgan fingerprint density at radius 1 is 1.09 bits per heavy atom. The molecule has 0 amide bonds. The van der Waals surface area contributed by atoms with Crippen LogP contribution in [0.4, 0.5) is 0 Å². The summed E-state index contributed by atoms with van der Waals surface area (Å²) < 4.78 is 0. The fraction of sp³-hybridized carbons (Fsp3) is 0.679. The van der Waals surface area contributed by atoms with Crippen LogP contribution in [0.25, 0.3) is 0 Å². The zero-order valence-electron chi connectivity index (χ0n) is 20.9. The van der Waals surface area contributed by atoms with E-state index in [1.54, 1.807) is 0 Å². The smallest absolute Gasteiger partial charge is 0.0728 e. The lowest BCUT2D eigenvalue weighted by Gasteiger charge is -2.44. The van der Waals surface area contributed by atoms with Gasteiger partial charge in [-0.2, -0.15) is 0 Å². The Morgan fingerprint density at radius 2 is 1.79 bits per heavy atom. The number of hydrogen-bond donors (Lipinski definition) is 1. The second-order valence-electron chi connectivity index (χ2n) is 9.90. The number of piperazine rings is 1. The Balaban J connectivity index is 0.00000289. The average molecular weight is 532 g/mol. The zero-order chi connectivity index (χ0) is 22.8. The first kappa shape index (κ1) is 31.5. The van der Waals surface area contributed by atoms with Crippen LogP contribution < -0.4 is 0 Å². The molecule has 2 unspecified atom stereocenters. The fourth-order valence-corrected chi connectivity index (χ4v) is 5.84. The second-order valence-corrected chi connectivity index (χ2v) is 10.3. The van der Waals surface area contributed by atoms with Gasteiger partial charge in [-0.15, -0.1) is 30.5 Å². The molecule has 3 rings (SSSR count). The molecule has 1 aliphatic carbocycles. The molecule has 1 aromatic carbocycles. The number of aliphatic hydroxyl groups is 1. The highest BCUT2D eigenvalue weighted by atomic mass is 35.5. The van der Waals surface area contributed by atoms with Gasteiger partial charge in [-0.1, -0.05) is 82.2 Å². The van der Waals surface area contributed by atoms with E-state index in [0.29, 0.717) is 6.04 Å². The molecular formula is C28H45Cl3N2O. The monoisotopic (exact) mass is 530 g/mol. The topological polar surface area (TPSA) is 26.7 Å². The van der Waals surface area contributed by atoms with Crippen molar-refractivity contribution in [2.24, 2.45) is 0 Å². The molecule has 0 spiro atoms. The van der Waals surface area contributed by atoms with Crippen LogP contribution in [0, 0.1) is 0 Å². The Morgan fingerprint density at radius 3 is 2.41 bits per heavy atom. The quantitative estimate of drug-likeness (QED) is 0.240. The third-order valence-corrected chi connectivity index (χ3v) is 7.83. The minimum absolute atomic E-state index is 0. The van der Waals surface area contributed by atoms with Gasteiger partial charge in [-0.05, 0) is 43.0 Å². The summed E-state index contributed by atoms with van der Waals surface area (Å²) in [7, 11) is 0. The van der Waals surface area contributed by atoms with E-state index >= 15 is 0 Å². The van der Waals surface area contributed by atoms with E-state index in [9.17, 15) is 5.11 Å². The van der Waals surface area contributed by atoms with Crippen LogP contribution >= 0.6 is 36.4 Å². The second kappa shape index (κ2) is 16.3. The van der Waals surface area contributed by atoms with Crippen LogP contribution in [-0.2, 0) is 0 Å². The number of hydrogen-bond acceptors (Lipinski definition) is 3.